The molecule has 13 heavy (non-hydrogen) atoms. The van der Waals surface area contributed by atoms with E-state index >= 15 is 0 Å². The Labute approximate surface area is 87.6 Å². The van der Waals surface area contributed by atoms with Gasteiger partial charge in [-0.15, -0.1) is 0 Å². The van der Waals surface area contributed by atoms with Gasteiger partial charge in [-0.05, 0) is 33.1 Å². The van der Waals surface area contributed by atoms with Crippen molar-refractivity contribution >= 4 is 21.9 Å². The summed E-state index contributed by atoms with van der Waals surface area (Å²) >= 11 is 3.21. The Morgan fingerprint density at radius 2 is 2.00 bits per heavy atom. The molecule has 0 spiro atoms. The van der Waals surface area contributed by atoms with Crippen molar-refractivity contribution in [3.63, 3.8) is 0 Å². The second-order valence-electron chi connectivity index (χ2n) is 3.39. The minimum absolute atomic E-state index is 0.206. The van der Waals surface area contributed by atoms with Gasteiger partial charge in [0, 0.05) is 6.61 Å². The average molecular weight is 253 g/mol. The van der Waals surface area contributed by atoms with Gasteiger partial charge in [-0.3, -0.25) is 4.79 Å². The molecule has 0 aromatic rings. The predicted octanol–water partition coefficient (Wildman–Crippen LogP) is 1.87. The van der Waals surface area contributed by atoms with Crippen LogP contribution in [0.2, 0.25) is 0 Å². The van der Waals surface area contributed by atoms with Crippen molar-refractivity contribution in [3.05, 3.63) is 0 Å². The molecule has 0 aliphatic carbocycles. The van der Waals surface area contributed by atoms with Crippen LogP contribution in [0.1, 0.15) is 33.1 Å². The maximum atomic E-state index is 11.2. The van der Waals surface area contributed by atoms with Crippen LogP contribution in [0.5, 0.6) is 0 Å². The maximum absolute atomic E-state index is 11.2. The Balaban J connectivity index is 3.38. The van der Waals surface area contributed by atoms with Crippen LogP contribution >= 0.6 is 15.9 Å². The molecule has 0 aliphatic heterocycles. The predicted molar refractivity (Wildman–Crippen MR) is 54.9 cm³/mol. The molecule has 0 rings (SSSR count). The van der Waals surface area contributed by atoms with Crippen LogP contribution in [0.4, 0.5) is 0 Å². The van der Waals surface area contributed by atoms with Gasteiger partial charge in [0.15, 0.2) is 0 Å². The van der Waals surface area contributed by atoms with E-state index in [2.05, 4.69) is 15.9 Å². The molecule has 0 aromatic heterocycles. The Morgan fingerprint density at radius 3 is 2.46 bits per heavy atom. The molecule has 0 aliphatic rings. The SMILES string of the molecule is CC(C)(Br)C(=O)OCCCCCO. The molecule has 0 heterocycles. The Kier molecular flexibility index (Phi) is 6.33. The molecule has 0 atom stereocenters. The smallest absolute Gasteiger partial charge is 0.322 e. The maximum Gasteiger partial charge on any atom is 0.322 e. The first-order valence-corrected chi connectivity index (χ1v) is 5.25. The first kappa shape index (κ1) is 12.9. The summed E-state index contributed by atoms with van der Waals surface area (Å²) in [5.41, 5.74) is 0. The van der Waals surface area contributed by atoms with E-state index in [0.717, 1.165) is 19.3 Å². The Morgan fingerprint density at radius 1 is 1.38 bits per heavy atom. The van der Waals surface area contributed by atoms with Gasteiger partial charge in [0.05, 0.1) is 6.61 Å². The molecule has 0 unspecified atom stereocenters. The van der Waals surface area contributed by atoms with E-state index < -0.39 is 4.32 Å². The zero-order valence-electron chi connectivity index (χ0n) is 8.18. The molecule has 0 radical (unpaired) electrons. The summed E-state index contributed by atoms with van der Waals surface area (Å²) in [6, 6.07) is 0. The minimum Gasteiger partial charge on any atom is -0.465 e. The molecule has 0 aromatic carbocycles. The first-order valence-electron chi connectivity index (χ1n) is 4.45. The molecule has 0 bridgehead atoms. The number of rotatable bonds is 6. The van der Waals surface area contributed by atoms with Crippen LogP contribution in [0.25, 0.3) is 0 Å². The second-order valence-corrected chi connectivity index (χ2v) is 5.38. The van der Waals surface area contributed by atoms with Gasteiger partial charge in [0.25, 0.3) is 0 Å². The van der Waals surface area contributed by atoms with Crippen molar-refractivity contribution in [2.45, 2.75) is 37.4 Å². The van der Waals surface area contributed by atoms with Gasteiger partial charge in [-0.1, -0.05) is 15.9 Å². The highest BCUT2D eigenvalue weighted by molar-refractivity contribution is 9.10. The molecule has 3 nitrogen and oxygen atoms in total. The lowest BCUT2D eigenvalue weighted by molar-refractivity contribution is -0.145. The van der Waals surface area contributed by atoms with Gasteiger partial charge >= 0.3 is 5.97 Å². The molecule has 0 saturated heterocycles. The second kappa shape index (κ2) is 6.38. The van der Waals surface area contributed by atoms with E-state index in [4.69, 9.17) is 9.84 Å². The van der Waals surface area contributed by atoms with Crippen molar-refractivity contribution in [2.75, 3.05) is 13.2 Å². The number of carbonyl (C=O) groups excluding carboxylic acids is 1. The van der Waals surface area contributed by atoms with Crippen LogP contribution in [0.3, 0.4) is 0 Å². The number of aliphatic hydroxyl groups excluding tert-OH is 1. The lowest BCUT2D eigenvalue weighted by Crippen LogP contribution is -2.26. The number of unbranched alkanes of at least 4 members (excludes halogenated alkanes) is 2. The third kappa shape index (κ3) is 7.02. The largest absolute Gasteiger partial charge is 0.465 e. The van der Waals surface area contributed by atoms with Crippen LogP contribution in [-0.2, 0) is 9.53 Å². The van der Waals surface area contributed by atoms with E-state index in [-0.39, 0.29) is 12.6 Å². The fraction of sp³-hybridized carbons (Fsp3) is 0.889. The van der Waals surface area contributed by atoms with Crippen LogP contribution in [-0.4, -0.2) is 28.6 Å². The van der Waals surface area contributed by atoms with E-state index in [1.165, 1.54) is 0 Å². The summed E-state index contributed by atoms with van der Waals surface area (Å²) in [4.78, 5) is 11.2. The van der Waals surface area contributed by atoms with E-state index in [9.17, 15) is 4.79 Å². The van der Waals surface area contributed by atoms with Crippen LogP contribution < -0.4 is 0 Å². The van der Waals surface area contributed by atoms with Crippen molar-refractivity contribution in [2.24, 2.45) is 0 Å². The van der Waals surface area contributed by atoms with Crippen molar-refractivity contribution in [3.8, 4) is 0 Å². The van der Waals surface area contributed by atoms with Crippen molar-refractivity contribution in [1.29, 1.82) is 0 Å². The number of esters is 1. The molecule has 0 amide bonds. The number of aliphatic hydroxyl groups is 1. The minimum atomic E-state index is -0.593. The monoisotopic (exact) mass is 252 g/mol. The lowest BCUT2D eigenvalue weighted by Gasteiger charge is -2.14. The topological polar surface area (TPSA) is 46.5 Å². The quantitative estimate of drug-likeness (QED) is 0.446. The number of hydrogen-bond donors (Lipinski definition) is 1. The van der Waals surface area contributed by atoms with E-state index in [0.29, 0.717) is 6.61 Å². The third-order valence-corrected chi connectivity index (χ3v) is 1.84. The van der Waals surface area contributed by atoms with Gasteiger partial charge < -0.3 is 9.84 Å². The molecule has 0 fully saturated rings. The third-order valence-electron chi connectivity index (χ3n) is 1.52. The highest BCUT2D eigenvalue weighted by Gasteiger charge is 2.24. The molecule has 4 heteroatoms. The van der Waals surface area contributed by atoms with Gasteiger partial charge in [-0.2, -0.15) is 0 Å². The number of alkyl halides is 1. The number of ether oxygens (including phenoxy) is 1. The van der Waals surface area contributed by atoms with Gasteiger partial charge in [0.2, 0.25) is 0 Å². The number of halogens is 1. The normalized spacial score (nSPS) is 11.4. The molecule has 78 valence electrons. The molecular formula is C9H17BrO3. The van der Waals surface area contributed by atoms with Crippen molar-refractivity contribution < 1.29 is 14.6 Å². The summed E-state index contributed by atoms with van der Waals surface area (Å²) in [6.45, 7) is 4.15. The number of hydrogen-bond acceptors (Lipinski definition) is 3. The Bertz CT molecular complexity index is 151. The average Bonchev–Trinajstić information content (AvgIpc) is 2.02. The molecule has 1 N–H and O–H groups in total. The fourth-order valence-electron chi connectivity index (χ4n) is 0.727. The molecule has 0 saturated carbocycles. The lowest BCUT2D eigenvalue weighted by atomic mass is 10.2. The fourth-order valence-corrected chi connectivity index (χ4v) is 0.842. The zero-order chi connectivity index (χ0) is 10.3. The summed E-state index contributed by atoms with van der Waals surface area (Å²) in [7, 11) is 0. The number of carbonyl (C=O) groups is 1. The van der Waals surface area contributed by atoms with Crippen LogP contribution in [0.15, 0.2) is 0 Å². The summed E-state index contributed by atoms with van der Waals surface area (Å²) in [6.07, 6.45) is 2.48. The van der Waals surface area contributed by atoms with Gasteiger partial charge in [-0.25, -0.2) is 0 Å². The van der Waals surface area contributed by atoms with Gasteiger partial charge in [0.1, 0.15) is 4.32 Å². The summed E-state index contributed by atoms with van der Waals surface area (Å²) in [5, 5.41) is 8.49. The van der Waals surface area contributed by atoms with Crippen molar-refractivity contribution in [1.82, 2.24) is 0 Å². The first-order chi connectivity index (χ1) is 5.98. The summed E-state index contributed by atoms with van der Waals surface area (Å²) < 4.78 is 4.39. The van der Waals surface area contributed by atoms with Crippen LogP contribution in [0, 0.1) is 0 Å². The highest BCUT2D eigenvalue weighted by atomic mass is 79.9. The standard InChI is InChI=1S/C9H17BrO3/c1-9(2,10)8(12)13-7-5-3-4-6-11/h11H,3-7H2,1-2H3. The Hall–Kier alpha value is -0.0900. The highest BCUT2D eigenvalue weighted by Crippen LogP contribution is 2.17. The summed E-state index contributed by atoms with van der Waals surface area (Å²) in [5.74, 6) is -0.239. The molecular weight excluding hydrogens is 236 g/mol. The van der Waals surface area contributed by atoms with E-state index in [1.807, 2.05) is 0 Å². The zero-order valence-corrected chi connectivity index (χ0v) is 9.76. The van der Waals surface area contributed by atoms with E-state index in [1.54, 1.807) is 13.8 Å².